The third kappa shape index (κ3) is 5.88. The Bertz CT molecular complexity index is 1140. The third-order valence-electron chi connectivity index (χ3n) is 6.67. The Kier molecular flexibility index (Phi) is 7.66. The summed E-state index contributed by atoms with van der Waals surface area (Å²) in [6.07, 6.45) is -0.592. The summed E-state index contributed by atoms with van der Waals surface area (Å²) in [5.41, 5.74) is 3.70. The van der Waals surface area contributed by atoms with E-state index in [4.69, 9.17) is 9.47 Å². The number of carbonyl (C=O) groups is 2. The van der Waals surface area contributed by atoms with Crippen LogP contribution in [0.1, 0.15) is 38.8 Å². The normalized spacial score (nSPS) is 18.3. The number of morpholine rings is 1. The Morgan fingerprint density at radius 2 is 1.89 bits per heavy atom. The lowest BCUT2D eigenvalue weighted by Gasteiger charge is -2.35. The van der Waals surface area contributed by atoms with Gasteiger partial charge in [-0.3, -0.25) is 9.69 Å². The first-order valence-corrected chi connectivity index (χ1v) is 12.4. The van der Waals surface area contributed by atoms with Crippen LogP contribution in [0, 0.1) is 0 Å². The van der Waals surface area contributed by atoms with Crippen molar-refractivity contribution in [3.63, 3.8) is 0 Å². The van der Waals surface area contributed by atoms with Gasteiger partial charge in [0, 0.05) is 37.9 Å². The lowest BCUT2D eigenvalue weighted by molar-refractivity contribution is -0.125. The van der Waals surface area contributed by atoms with Crippen LogP contribution in [-0.4, -0.2) is 62.3 Å². The molecule has 1 atom stereocenters. The van der Waals surface area contributed by atoms with Gasteiger partial charge in [0.05, 0.1) is 24.4 Å². The van der Waals surface area contributed by atoms with Crippen molar-refractivity contribution in [2.24, 2.45) is 0 Å². The number of hydrogen-bond acceptors (Lipinski definition) is 5. The van der Waals surface area contributed by atoms with E-state index in [0.717, 1.165) is 49.5 Å². The van der Waals surface area contributed by atoms with Crippen molar-refractivity contribution in [1.29, 1.82) is 0 Å². The molecule has 1 unspecified atom stereocenters. The molecule has 3 amide bonds. The minimum atomic E-state index is -0.600. The van der Waals surface area contributed by atoms with Crippen LogP contribution in [-0.2, 0) is 15.1 Å². The monoisotopic (exact) mass is 492 g/mol. The van der Waals surface area contributed by atoms with E-state index in [9.17, 15) is 9.59 Å². The molecule has 36 heavy (non-hydrogen) atoms. The van der Waals surface area contributed by atoms with Crippen LogP contribution >= 0.6 is 0 Å². The van der Waals surface area contributed by atoms with Gasteiger partial charge in [0.1, 0.15) is 5.75 Å². The fraction of sp³-hybridized carbons (Fsp3) is 0.429. The summed E-state index contributed by atoms with van der Waals surface area (Å²) in [4.78, 5) is 29.8. The highest BCUT2D eigenvalue weighted by molar-refractivity contribution is 6.00. The average Bonchev–Trinajstić information content (AvgIpc) is 2.84. The molecule has 1 saturated heterocycles. The SMILES string of the molecule is C=C(C)c1cccc(C(C)(C)NC(=O)Nc2ccc3c(c2)OC(C)C(=O)N3CCN2CCOCC2)c1. The van der Waals surface area contributed by atoms with Gasteiger partial charge < -0.3 is 25.0 Å². The first kappa shape index (κ1) is 25.7. The highest BCUT2D eigenvalue weighted by atomic mass is 16.5. The summed E-state index contributed by atoms with van der Waals surface area (Å²) < 4.78 is 11.3. The van der Waals surface area contributed by atoms with E-state index < -0.39 is 11.6 Å². The maximum Gasteiger partial charge on any atom is 0.319 e. The summed E-state index contributed by atoms with van der Waals surface area (Å²) in [6, 6.07) is 13.1. The fourth-order valence-corrected chi connectivity index (χ4v) is 4.48. The Labute approximate surface area is 213 Å². The van der Waals surface area contributed by atoms with Crippen LogP contribution in [0.2, 0.25) is 0 Å². The van der Waals surface area contributed by atoms with Gasteiger partial charge in [-0.05, 0) is 57.0 Å². The molecule has 0 saturated carbocycles. The smallest absolute Gasteiger partial charge is 0.319 e. The number of rotatable bonds is 7. The van der Waals surface area contributed by atoms with Crippen molar-refractivity contribution < 1.29 is 19.1 Å². The molecule has 8 nitrogen and oxygen atoms in total. The molecule has 0 spiro atoms. The molecule has 8 heteroatoms. The molecule has 2 aromatic rings. The molecular formula is C28H36N4O4. The van der Waals surface area contributed by atoms with E-state index in [1.54, 1.807) is 24.0 Å². The Morgan fingerprint density at radius 3 is 2.61 bits per heavy atom. The Balaban J connectivity index is 1.44. The third-order valence-corrected chi connectivity index (χ3v) is 6.67. The van der Waals surface area contributed by atoms with Crippen molar-refractivity contribution in [2.45, 2.75) is 39.3 Å². The molecule has 2 aromatic carbocycles. The zero-order valence-electron chi connectivity index (χ0n) is 21.6. The van der Waals surface area contributed by atoms with Crippen molar-refractivity contribution in [3.8, 4) is 5.75 Å². The number of fused-ring (bicyclic) bond motifs is 1. The zero-order valence-corrected chi connectivity index (χ0v) is 21.6. The van der Waals surface area contributed by atoms with Crippen LogP contribution < -0.4 is 20.3 Å². The topological polar surface area (TPSA) is 83.1 Å². The molecule has 1 fully saturated rings. The number of hydrogen-bond donors (Lipinski definition) is 2. The zero-order chi connectivity index (χ0) is 25.9. The molecule has 0 aromatic heterocycles. The van der Waals surface area contributed by atoms with E-state index in [0.29, 0.717) is 23.7 Å². The second kappa shape index (κ2) is 10.7. The maximum absolute atomic E-state index is 12.9. The number of carbonyl (C=O) groups excluding carboxylic acids is 2. The second-order valence-electron chi connectivity index (χ2n) is 9.95. The molecule has 2 heterocycles. The van der Waals surface area contributed by atoms with Gasteiger partial charge in [-0.1, -0.05) is 30.4 Å². The Hall–Kier alpha value is -3.36. The predicted molar refractivity (Wildman–Crippen MR) is 142 cm³/mol. The van der Waals surface area contributed by atoms with E-state index in [1.165, 1.54) is 0 Å². The van der Waals surface area contributed by atoms with E-state index in [1.807, 2.05) is 51.1 Å². The minimum Gasteiger partial charge on any atom is -0.479 e. The van der Waals surface area contributed by atoms with Gasteiger partial charge in [-0.15, -0.1) is 0 Å². The number of urea groups is 1. The maximum atomic E-state index is 12.9. The summed E-state index contributed by atoms with van der Waals surface area (Å²) in [6.45, 7) is 16.2. The first-order chi connectivity index (χ1) is 17.1. The summed E-state index contributed by atoms with van der Waals surface area (Å²) in [5, 5.41) is 5.95. The van der Waals surface area contributed by atoms with Crippen LogP contribution in [0.25, 0.3) is 5.57 Å². The van der Waals surface area contributed by atoms with Crippen molar-refractivity contribution >= 4 is 28.9 Å². The van der Waals surface area contributed by atoms with Crippen molar-refractivity contribution in [2.75, 3.05) is 49.6 Å². The van der Waals surface area contributed by atoms with Crippen molar-refractivity contribution in [3.05, 3.63) is 60.2 Å². The Morgan fingerprint density at radius 1 is 1.14 bits per heavy atom. The summed E-state index contributed by atoms with van der Waals surface area (Å²) in [7, 11) is 0. The number of benzene rings is 2. The number of nitrogens with one attached hydrogen (secondary N) is 2. The van der Waals surface area contributed by atoms with E-state index >= 15 is 0 Å². The van der Waals surface area contributed by atoms with Crippen molar-refractivity contribution in [1.82, 2.24) is 10.2 Å². The predicted octanol–water partition coefficient (Wildman–Crippen LogP) is 4.22. The number of ether oxygens (including phenoxy) is 2. The molecule has 0 aliphatic carbocycles. The quantitative estimate of drug-likeness (QED) is 0.605. The van der Waals surface area contributed by atoms with Gasteiger partial charge >= 0.3 is 6.03 Å². The number of nitrogens with zero attached hydrogens (tertiary/aromatic N) is 2. The van der Waals surface area contributed by atoms with Gasteiger partial charge in [0.2, 0.25) is 0 Å². The lowest BCUT2D eigenvalue weighted by Crippen LogP contribution is -2.48. The standard InChI is InChI=1S/C28H36N4O4/c1-19(2)21-7-6-8-22(17-21)28(4,5)30-27(34)29-23-9-10-24-25(18-23)36-20(3)26(33)32(24)12-11-31-13-15-35-16-14-31/h6-10,17-18,20H,1,11-16H2,2-5H3,(H2,29,30,34). The largest absolute Gasteiger partial charge is 0.479 e. The molecule has 192 valence electrons. The summed E-state index contributed by atoms with van der Waals surface area (Å²) in [5.74, 6) is 0.517. The fourth-order valence-electron chi connectivity index (χ4n) is 4.48. The van der Waals surface area contributed by atoms with Crippen LogP contribution in [0.4, 0.5) is 16.2 Å². The molecule has 2 aliphatic heterocycles. The second-order valence-corrected chi connectivity index (χ2v) is 9.95. The molecule has 2 aliphatic rings. The van der Waals surface area contributed by atoms with Gasteiger partial charge in [-0.2, -0.15) is 0 Å². The molecule has 2 N–H and O–H groups in total. The van der Waals surface area contributed by atoms with Gasteiger partial charge in [0.15, 0.2) is 6.10 Å². The highest BCUT2D eigenvalue weighted by Gasteiger charge is 2.32. The number of allylic oxidation sites excluding steroid dienone is 1. The number of amides is 3. The lowest BCUT2D eigenvalue weighted by atomic mass is 9.92. The van der Waals surface area contributed by atoms with Gasteiger partial charge in [0.25, 0.3) is 5.91 Å². The molecular weight excluding hydrogens is 456 g/mol. The first-order valence-electron chi connectivity index (χ1n) is 12.4. The number of anilines is 2. The molecule has 4 rings (SSSR count). The van der Waals surface area contributed by atoms with E-state index in [2.05, 4.69) is 22.1 Å². The van der Waals surface area contributed by atoms with Gasteiger partial charge in [-0.25, -0.2) is 4.79 Å². The van der Waals surface area contributed by atoms with E-state index in [-0.39, 0.29) is 11.9 Å². The average molecular weight is 493 g/mol. The highest BCUT2D eigenvalue weighted by Crippen LogP contribution is 2.36. The minimum absolute atomic E-state index is 0.0621. The van der Waals surface area contributed by atoms with Crippen LogP contribution in [0.5, 0.6) is 5.75 Å². The molecule has 0 radical (unpaired) electrons. The summed E-state index contributed by atoms with van der Waals surface area (Å²) >= 11 is 0. The van der Waals surface area contributed by atoms with Crippen LogP contribution in [0.15, 0.2) is 49.0 Å². The van der Waals surface area contributed by atoms with Crippen LogP contribution in [0.3, 0.4) is 0 Å². The molecule has 0 bridgehead atoms.